The molecule has 0 radical (unpaired) electrons. The summed E-state index contributed by atoms with van der Waals surface area (Å²) in [5, 5.41) is 0. The molecule has 1 heteroatoms. The fraction of sp³-hybridized carbons (Fsp3) is 0.714. The molecule has 0 N–H and O–H groups in total. The molecule has 0 fully saturated rings. The van der Waals surface area contributed by atoms with Crippen LogP contribution in [0.3, 0.4) is 0 Å². The molecular formula is C42H70Sn. The van der Waals surface area contributed by atoms with E-state index in [1.165, 1.54) is 134 Å². The maximum absolute atomic E-state index is 2.90. The van der Waals surface area contributed by atoms with Gasteiger partial charge in [-0.2, -0.15) is 0 Å². The third-order valence-corrected chi connectivity index (χ3v) is 26.7. The Labute approximate surface area is 273 Å². The van der Waals surface area contributed by atoms with Crippen LogP contribution in [0.15, 0.2) is 36.4 Å². The standard InChI is InChI=1S/C30H43.3C4H9.Sn/c1-4-6-8-10-12-16-22-30(23-17-13-11-9-7-5-2)28-19-15-14-18-26(28)27-21-20-25(3)24-29(27)30;3*1-3-4-2;/h14,18-21,24H,4-13,16-17,22-23H2,1-3H3;3*1,3-4H2,2H3;. The van der Waals surface area contributed by atoms with Crippen molar-refractivity contribution in [3.8, 4) is 11.1 Å². The molecule has 0 saturated heterocycles. The number of hydrogen-bond donors (Lipinski definition) is 0. The quantitative estimate of drug-likeness (QED) is 0.0758. The summed E-state index contributed by atoms with van der Waals surface area (Å²) >= 11 is -2.53. The Bertz CT molecular complexity index is 1010. The minimum atomic E-state index is -2.53. The van der Waals surface area contributed by atoms with Crippen molar-refractivity contribution in [1.82, 2.24) is 0 Å². The van der Waals surface area contributed by atoms with E-state index < -0.39 is 18.4 Å². The van der Waals surface area contributed by atoms with Gasteiger partial charge in [-0.05, 0) is 0 Å². The van der Waals surface area contributed by atoms with E-state index in [1.807, 2.05) is 3.58 Å². The minimum absolute atomic E-state index is 0.222. The Kier molecular flexibility index (Phi) is 16.8. The molecule has 1 aliphatic rings. The van der Waals surface area contributed by atoms with Crippen molar-refractivity contribution in [3.63, 3.8) is 0 Å². The van der Waals surface area contributed by atoms with Gasteiger partial charge in [0.2, 0.25) is 0 Å². The molecule has 0 aromatic heterocycles. The first kappa shape index (κ1) is 36.7. The van der Waals surface area contributed by atoms with E-state index in [0.717, 1.165) is 0 Å². The average Bonchev–Trinajstić information content (AvgIpc) is 3.28. The zero-order valence-electron chi connectivity index (χ0n) is 29.7. The zero-order chi connectivity index (χ0) is 31.0. The molecule has 0 amide bonds. The summed E-state index contributed by atoms with van der Waals surface area (Å²) in [6.45, 7) is 14.3. The fourth-order valence-electron chi connectivity index (χ4n) is 8.37. The first-order valence-corrected chi connectivity index (χ1v) is 26.8. The van der Waals surface area contributed by atoms with E-state index in [-0.39, 0.29) is 5.41 Å². The van der Waals surface area contributed by atoms with Crippen LogP contribution in [-0.4, -0.2) is 18.4 Å². The summed E-state index contributed by atoms with van der Waals surface area (Å²) in [5.41, 5.74) is 8.29. The van der Waals surface area contributed by atoms with Gasteiger partial charge in [0.25, 0.3) is 0 Å². The van der Waals surface area contributed by atoms with Crippen molar-refractivity contribution in [2.45, 2.75) is 189 Å². The zero-order valence-corrected chi connectivity index (χ0v) is 32.6. The molecule has 0 saturated carbocycles. The van der Waals surface area contributed by atoms with Gasteiger partial charge in [-0.3, -0.25) is 0 Å². The Morgan fingerprint density at radius 2 is 0.884 bits per heavy atom. The summed E-state index contributed by atoms with van der Waals surface area (Å²) in [7, 11) is 0. The monoisotopic (exact) mass is 694 g/mol. The molecule has 0 nitrogen and oxygen atoms in total. The molecule has 0 spiro atoms. The molecule has 0 aliphatic heterocycles. The van der Waals surface area contributed by atoms with Crippen molar-refractivity contribution in [2.24, 2.45) is 0 Å². The molecule has 1 aliphatic carbocycles. The van der Waals surface area contributed by atoms with Crippen LogP contribution in [0.2, 0.25) is 13.3 Å². The van der Waals surface area contributed by atoms with E-state index in [1.54, 1.807) is 35.6 Å². The van der Waals surface area contributed by atoms with Crippen molar-refractivity contribution in [2.75, 3.05) is 0 Å². The molecule has 0 heterocycles. The van der Waals surface area contributed by atoms with Gasteiger partial charge in [0.1, 0.15) is 0 Å². The summed E-state index contributed by atoms with van der Waals surface area (Å²) in [4.78, 5) is 0. The topological polar surface area (TPSA) is 0 Å². The molecule has 0 atom stereocenters. The SMILES string of the molecule is CCCCCCCCC1(CCCCCCCC)c2cc(C)ccc2-c2cc[c]([Sn]([CH2]CCC)([CH2]CCC)[CH2]CCC)cc21. The second-order valence-corrected chi connectivity index (χ2v) is 27.8. The van der Waals surface area contributed by atoms with Crippen LogP contribution in [0.5, 0.6) is 0 Å². The van der Waals surface area contributed by atoms with Crippen molar-refractivity contribution >= 4 is 22.0 Å². The van der Waals surface area contributed by atoms with Crippen LogP contribution in [-0.2, 0) is 5.41 Å². The Balaban J connectivity index is 2.09. The van der Waals surface area contributed by atoms with Gasteiger partial charge in [0, 0.05) is 0 Å². The van der Waals surface area contributed by atoms with E-state index in [2.05, 4.69) is 77.9 Å². The van der Waals surface area contributed by atoms with E-state index in [4.69, 9.17) is 0 Å². The predicted molar refractivity (Wildman–Crippen MR) is 198 cm³/mol. The Morgan fingerprint density at radius 1 is 0.465 bits per heavy atom. The Hall–Kier alpha value is -0.761. The first-order chi connectivity index (χ1) is 21.0. The van der Waals surface area contributed by atoms with Crippen LogP contribution in [0.25, 0.3) is 11.1 Å². The summed E-state index contributed by atoms with van der Waals surface area (Å²) in [5.74, 6) is 0. The summed E-state index contributed by atoms with van der Waals surface area (Å²) in [6, 6.07) is 15.7. The third-order valence-electron chi connectivity index (χ3n) is 11.1. The number of fused-ring (bicyclic) bond motifs is 3. The summed E-state index contributed by atoms with van der Waals surface area (Å²) < 4.78 is 6.59. The molecule has 242 valence electrons. The van der Waals surface area contributed by atoms with Crippen LogP contribution >= 0.6 is 0 Å². The fourth-order valence-corrected chi connectivity index (χ4v) is 24.3. The molecular weight excluding hydrogens is 623 g/mol. The van der Waals surface area contributed by atoms with Gasteiger partial charge in [-0.1, -0.05) is 0 Å². The van der Waals surface area contributed by atoms with Crippen LogP contribution in [0.4, 0.5) is 0 Å². The van der Waals surface area contributed by atoms with Crippen LogP contribution < -0.4 is 3.58 Å². The molecule has 0 bridgehead atoms. The molecule has 2 aromatic carbocycles. The summed E-state index contributed by atoms with van der Waals surface area (Å²) in [6.07, 6.45) is 27.8. The van der Waals surface area contributed by atoms with E-state index in [9.17, 15) is 0 Å². The number of aryl methyl sites for hydroxylation is 1. The van der Waals surface area contributed by atoms with Crippen LogP contribution in [0, 0.1) is 6.92 Å². The third kappa shape index (κ3) is 9.86. The average molecular weight is 694 g/mol. The number of unbranched alkanes of at least 4 members (excludes halogenated alkanes) is 13. The molecule has 43 heavy (non-hydrogen) atoms. The van der Waals surface area contributed by atoms with Gasteiger partial charge in [-0.15, -0.1) is 0 Å². The van der Waals surface area contributed by atoms with Gasteiger partial charge in [0.05, 0.1) is 0 Å². The van der Waals surface area contributed by atoms with Gasteiger partial charge in [0.15, 0.2) is 0 Å². The maximum atomic E-state index is 2.90. The predicted octanol–water partition coefficient (Wildman–Crippen LogP) is 13.8. The van der Waals surface area contributed by atoms with Crippen molar-refractivity contribution < 1.29 is 0 Å². The molecule has 0 unspecified atom stereocenters. The van der Waals surface area contributed by atoms with E-state index in [0.29, 0.717) is 0 Å². The van der Waals surface area contributed by atoms with E-state index >= 15 is 0 Å². The second-order valence-electron chi connectivity index (χ2n) is 14.5. The first-order valence-electron chi connectivity index (χ1n) is 19.3. The normalized spacial score (nSPS) is 13.8. The van der Waals surface area contributed by atoms with Gasteiger partial charge >= 0.3 is 275 Å². The van der Waals surface area contributed by atoms with Crippen molar-refractivity contribution in [3.05, 3.63) is 53.1 Å². The van der Waals surface area contributed by atoms with Gasteiger partial charge < -0.3 is 0 Å². The van der Waals surface area contributed by atoms with Crippen LogP contribution in [0.1, 0.15) is 180 Å². The molecule has 3 rings (SSSR count). The second kappa shape index (κ2) is 19.7. The number of rotatable bonds is 24. The molecule has 2 aromatic rings. The van der Waals surface area contributed by atoms with Crippen molar-refractivity contribution in [1.29, 1.82) is 0 Å². The number of hydrogen-bond acceptors (Lipinski definition) is 0. The Morgan fingerprint density at radius 3 is 1.37 bits per heavy atom. The van der Waals surface area contributed by atoms with Gasteiger partial charge in [-0.25, -0.2) is 0 Å². The number of benzene rings is 2.